The van der Waals surface area contributed by atoms with Crippen LogP contribution in [0.25, 0.3) is 0 Å². The molecule has 1 atom stereocenters. The van der Waals surface area contributed by atoms with Gasteiger partial charge in [-0.3, -0.25) is 0 Å². The largest absolute Gasteiger partial charge is 0.467 e. The highest BCUT2D eigenvalue weighted by Crippen LogP contribution is 2.28. The second-order valence-corrected chi connectivity index (χ2v) is 5.54. The SMILES string of the molecule is COC(=O)C(Nc1ccc(Cl)c(Br)c1)c1ccc(F)cc1. The summed E-state index contributed by atoms with van der Waals surface area (Å²) >= 11 is 9.25. The molecule has 1 unspecified atom stereocenters. The summed E-state index contributed by atoms with van der Waals surface area (Å²) in [7, 11) is 1.30. The van der Waals surface area contributed by atoms with E-state index in [0.29, 0.717) is 20.7 Å². The quantitative estimate of drug-likeness (QED) is 0.799. The van der Waals surface area contributed by atoms with E-state index in [0.717, 1.165) is 0 Å². The van der Waals surface area contributed by atoms with Crippen molar-refractivity contribution in [2.45, 2.75) is 6.04 Å². The van der Waals surface area contributed by atoms with Crippen molar-refractivity contribution in [2.24, 2.45) is 0 Å². The molecule has 0 aliphatic rings. The van der Waals surface area contributed by atoms with Crippen LogP contribution in [0.3, 0.4) is 0 Å². The lowest BCUT2D eigenvalue weighted by Gasteiger charge is -2.18. The predicted molar refractivity (Wildman–Crippen MR) is 83.9 cm³/mol. The number of carbonyl (C=O) groups is 1. The van der Waals surface area contributed by atoms with Crippen molar-refractivity contribution >= 4 is 39.2 Å². The zero-order valence-electron chi connectivity index (χ0n) is 11.1. The standard InChI is InChI=1S/C15H12BrClFNO2/c1-21-15(20)14(9-2-4-10(18)5-3-9)19-11-6-7-13(17)12(16)8-11/h2-8,14,19H,1H3. The van der Waals surface area contributed by atoms with E-state index < -0.39 is 12.0 Å². The summed E-state index contributed by atoms with van der Waals surface area (Å²) in [6.45, 7) is 0. The number of ether oxygens (including phenoxy) is 1. The molecule has 0 aromatic heterocycles. The zero-order chi connectivity index (χ0) is 15.4. The Labute approximate surface area is 135 Å². The van der Waals surface area contributed by atoms with Gasteiger partial charge < -0.3 is 10.1 Å². The van der Waals surface area contributed by atoms with Gasteiger partial charge in [-0.2, -0.15) is 0 Å². The monoisotopic (exact) mass is 371 g/mol. The van der Waals surface area contributed by atoms with Crippen LogP contribution in [0, 0.1) is 5.82 Å². The third-order valence-electron chi connectivity index (χ3n) is 2.87. The number of esters is 1. The fraction of sp³-hybridized carbons (Fsp3) is 0.133. The Kier molecular flexibility index (Phi) is 5.20. The minimum atomic E-state index is -0.733. The maximum Gasteiger partial charge on any atom is 0.332 e. The van der Waals surface area contributed by atoms with E-state index in [-0.39, 0.29) is 5.82 Å². The molecular formula is C15H12BrClFNO2. The van der Waals surface area contributed by atoms with Gasteiger partial charge in [-0.15, -0.1) is 0 Å². The molecule has 0 spiro atoms. The van der Waals surface area contributed by atoms with Gasteiger partial charge >= 0.3 is 5.97 Å². The molecule has 0 heterocycles. The topological polar surface area (TPSA) is 38.3 Å². The highest BCUT2D eigenvalue weighted by atomic mass is 79.9. The molecule has 2 aromatic rings. The van der Waals surface area contributed by atoms with Crippen LogP contribution in [0.4, 0.5) is 10.1 Å². The van der Waals surface area contributed by atoms with Gasteiger partial charge in [-0.05, 0) is 51.8 Å². The first-order valence-electron chi connectivity index (χ1n) is 6.06. The van der Waals surface area contributed by atoms with E-state index in [1.165, 1.54) is 31.4 Å². The van der Waals surface area contributed by atoms with Gasteiger partial charge in [0.15, 0.2) is 6.04 Å². The summed E-state index contributed by atoms with van der Waals surface area (Å²) in [4.78, 5) is 11.9. The molecule has 6 heteroatoms. The zero-order valence-corrected chi connectivity index (χ0v) is 13.4. The molecule has 0 bridgehead atoms. The van der Waals surface area contributed by atoms with E-state index in [2.05, 4.69) is 21.2 Å². The number of methoxy groups -OCH3 is 1. The molecule has 0 aliphatic heterocycles. The first-order chi connectivity index (χ1) is 10.0. The highest BCUT2D eigenvalue weighted by Gasteiger charge is 2.21. The molecule has 110 valence electrons. The lowest BCUT2D eigenvalue weighted by atomic mass is 10.1. The Morgan fingerprint density at radius 3 is 2.52 bits per heavy atom. The third kappa shape index (κ3) is 3.95. The molecule has 0 amide bonds. The number of benzene rings is 2. The van der Waals surface area contributed by atoms with Crippen molar-refractivity contribution in [3.05, 3.63) is 63.3 Å². The molecule has 0 saturated carbocycles. The molecule has 3 nitrogen and oxygen atoms in total. The van der Waals surface area contributed by atoms with Crippen LogP contribution in [0.5, 0.6) is 0 Å². The Morgan fingerprint density at radius 1 is 1.29 bits per heavy atom. The van der Waals surface area contributed by atoms with Crippen molar-refractivity contribution in [1.29, 1.82) is 0 Å². The second-order valence-electron chi connectivity index (χ2n) is 4.28. The normalized spacial score (nSPS) is 11.8. The summed E-state index contributed by atoms with van der Waals surface area (Å²) in [5.41, 5.74) is 1.29. The predicted octanol–water partition coefficient (Wildman–Crippen LogP) is 4.57. The van der Waals surface area contributed by atoms with Crippen LogP contribution >= 0.6 is 27.5 Å². The maximum absolute atomic E-state index is 13.0. The molecular weight excluding hydrogens is 361 g/mol. The number of nitrogens with one attached hydrogen (secondary N) is 1. The van der Waals surface area contributed by atoms with E-state index >= 15 is 0 Å². The fourth-order valence-electron chi connectivity index (χ4n) is 1.80. The van der Waals surface area contributed by atoms with Crippen molar-refractivity contribution < 1.29 is 13.9 Å². The number of rotatable bonds is 4. The Bertz CT molecular complexity index is 649. The van der Waals surface area contributed by atoms with Crippen LogP contribution in [-0.4, -0.2) is 13.1 Å². The number of anilines is 1. The number of carbonyl (C=O) groups excluding carboxylic acids is 1. The van der Waals surface area contributed by atoms with E-state index in [9.17, 15) is 9.18 Å². The summed E-state index contributed by atoms with van der Waals surface area (Å²) in [5, 5.41) is 3.61. The number of hydrogen-bond acceptors (Lipinski definition) is 3. The lowest BCUT2D eigenvalue weighted by molar-refractivity contribution is -0.141. The van der Waals surface area contributed by atoms with E-state index in [4.69, 9.17) is 16.3 Å². The summed E-state index contributed by atoms with van der Waals surface area (Å²) in [5.74, 6) is -0.829. The maximum atomic E-state index is 13.0. The fourth-order valence-corrected chi connectivity index (χ4v) is 2.30. The molecule has 21 heavy (non-hydrogen) atoms. The number of halogens is 3. The molecule has 0 aliphatic carbocycles. The molecule has 0 saturated heterocycles. The summed E-state index contributed by atoms with van der Waals surface area (Å²) < 4.78 is 18.5. The van der Waals surface area contributed by atoms with E-state index in [1.54, 1.807) is 18.2 Å². The lowest BCUT2D eigenvalue weighted by Crippen LogP contribution is -2.22. The van der Waals surface area contributed by atoms with Crippen molar-refractivity contribution in [2.75, 3.05) is 12.4 Å². The van der Waals surface area contributed by atoms with Crippen LogP contribution in [0.15, 0.2) is 46.9 Å². The highest BCUT2D eigenvalue weighted by molar-refractivity contribution is 9.10. The van der Waals surface area contributed by atoms with Crippen LogP contribution in [0.1, 0.15) is 11.6 Å². The van der Waals surface area contributed by atoms with Crippen molar-refractivity contribution in [3.63, 3.8) is 0 Å². The average molecular weight is 373 g/mol. The summed E-state index contributed by atoms with van der Waals surface area (Å²) in [6.07, 6.45) is 0. The molecule has 0 fully saturated rings. The minimum absolute atomic E-state index is 0.364. The van der Waals surface area contributed by atoms with Crippen molar-refractivity contribution in [1.82, 2.24) is 0 Å². The van der Waals surface area contributed by atoms with Gasteiger partial charge in [-0.1, -0.05) is 23.7 Å². The molecule has 2 rings (SSSR count). The van der Waals surface area contributed by atoms with Gasteiger partial charge in [0, 0.05) is 10.2 Å². The van der Waals surface area contributed by atoms with Gasteiger partial charge in [0.25, 0.3) is 0 Å². The first-order valence-corrected chi connectivity index (χ1v) is 7.23. The first kappa shape index (κ1) is 15.8. The van der Waals surface area contributed by atoms with Gasteiger partial charge in [0.05, 0.1) is 12.1 Å². The Hall–Kier alpha value is -1.59. The van der Waals surface area contributed by atoms with Crippen LogP contribution in [-0.2, 0) is 9.53 Å². The van der Waals surface area contributed by atoms with Crippen LogP contribution < -0.4 is 5.32 Å². The van der Waals surface area contributed by atoms with Gasteiger partial charge in [-0.25, -0.2) is 9.18 Å². The Morgan fingerprint density at radius 2 is 1.95 bits per heavy atom. The molecule has 1 N–H and O–H groups in total. The summed E-state index contributed by atoms with van der Waals surface area (Å²) in [6, 6.07) is 10.1. The average Bonchev–Trinajstić information content (AvgIpc) is 2.48. The minimum Gasteiger partial charge on any atom is -0.467 e. The van der Waals surface area contributed by atoms with Gasteiger partial charge in [0.1, 0.15) is 5.82 Å². The smallest absolute Gasteiger partial charge is 0.332 e. The van der Waals surface area contributed by atoms with Crippen molar-refractivity contribution in [3.8, 4) is 0 Å². The Balaban J connectivity index is 2.30. The number of hydrogen-bond donors (Lipinski definition) is 1. The third-order valence-corrected chi connectivity index (χ3v) is 4.08. The van der Waals surface area contributed by atoms with Crippen LogP contribution in [0.2, 0.25) is 5.02 Å². The molecule has 2 aromatic carbocycles. The molecule has 0 radical (unpaired) electrons. The van der Waals surface area contributed by atoms with E-state index in [1.807, 2.05) is 0 Å². The van der Waals surface area contributed by atoms with Gasteiger partial charge in [0.2, 0.25) is 0 Å². The second kappa shape index (κ2) is 6.91.